The van der Waals surface area contributed by atoms with Crippen molar-refractivity contribution in [1.29, 1.82) is 0 Å². The third kappa shape index (κ3) is 1.91. The molecule has 3 rings (SSSR count). The van der Waals surface area contributed by atoms with Gasteiger partial charge in [-0.15, -0.1) is 0 Å². The first-order valence-corrected chi connectivity index (χ1v) is 7.41. The van der Waals surface area contributed by atoms with Gasteiger partial charge in [0.2, 0.25) is 0 Å². The van der Waals surface area contributed by atoms with Crippen LogP contribution in [0.2, 0.25) is 0 Å². The largest absolute Gasteiger partial charge is 0.497 e. The molecule has 110 valence electrons. The predicted octanol–water partition coefficient (Wildman–Crippen LogP) is 3.19. The Labute approximate surface area is 120 Å². The highest BCUT2D eigenvalue weighted by Gasteiger charge is 2.54. The lowest BCUT2D eigenvalue weighted by atomic mass is 9.58. The quantitative estimate of drug-likeness (QED) is 0.856. The molecule has 0 spiro atoms. The number of aliphatic hydroxyl groups excluding tert-OH is 1. The highest BCUT2D eigenvalue weighted by atomic mass is 16.5. The van der Waals surface area contributed by atoms with Crippen LogP contribution in [0.5, 0.6) is 11.5 Å². The minimum Gasteiger partial charge on any atom is -0.497 e. The fourth-order valence-corrected chi connectivity index (χ4v) is 3.99. The van der Waals surface area contributed by atoms with E-state index < -0.39 is 0 Å². The molecule has 1 heterocycles. The molecule has 3 atom stereocenters. The van der Waals surface area contributed by atoms with Crippen molar-refractivity contribution in [2.45, 2.75) is 51.7 Å². The van der Waals surface area contributed by atoms with E-state index in [-0.39, 0.29) is 17.1 Å². The highest BCUT2D eigenvalue weighted by Crippen LogP contribution is 2.53. The van der Waals surface area contributed by atoms with Crippen LogP contribution in [0.1, 0.15) is 39.2 Å². The lowest BCUT2D eigenvalue weighted by Gasteiger charge is -2.55. The van der Waals surface area contributed by atoms with E-state index in [0.717, 1.165) is 30.8 Å². The van der Waals surface area contributed by atoms with Crippen LogP contribution in [0.15, 0.2) is 18.2 Å². The molecule has 3 nitrogen and oxygen atoms in total. The third-order valence-corrected chi connectivity index (χ3v) is 5.45. The molecule has 1 aromatic rings. The predicted molar refractivity (Wildman–Crippen MR) is 78.2 cm³/mol. The number of ether oxygens (including phenoxy) is 2. The van der Waals surface area contributed by atoms with Crippen molar-refractivity contribution in [1.82, 2.24) is 0 Å². The van der Waals surface area contributed by atoms with Crippen molar-refractivity contribution in [3.63, 3.8) is 0 Å². The molecule has 3 heteroatoms. The van der Waals surface area contributed by atoms with E-state index in [1.807, 2.05) is 12.1 Å². The van der Waals surface area contributed by atoms with Gasteiger partial charge in [-0.1, -0.05) is 19.9 Å². The Hall–Kier alpha value is -1.22. The van der Waals surface area contributed by atoms with Crippen LogP contribution in [-0.4, -0.2) is 23.9 Å². The van der Waals surface area contributed by atoms with Gasteiger partial charge in [0, 0.05) is 12.0 Å². The molecule has 0 radical (unpaired) electrons. The van der Waals surface area contributed by atoms with E-state index in [1.165, 1.54) is 5.56 Å². The molecule has 0 saturated heterocycles. The second-order valence-corrected chi connectivity index (χ2v) is 7.02. The summed E-state index contributed by atoms with van der Waals surface area (Å²) in [5.74, 6) is 2.11. The fourth-order valence-electron chi connectivity index (χ4n) is 3.99. The molecular weight excluding hydrogens is 252 g/mol. The third-order valence-electron chi connectivity index (χ3n) is 5.45. The Bertz CT molecular complexity index is 523. The van der Waals surface area contributed by atoms with Crippen molar-refractivity contribution in [2.75, 3.05) is 7.11 Å². The number of methoxy groups -OCH3 is 1. The number of hydrogen-bond donors (Lipinski definition) is 1. The zero-order valence-electron chi connectivity index (χ0n) is 12.8. The average Bonchev–Trinajstić information content (AvgIpc) is 2.41. The topological polar surface area (TPSA) is 38.7 Å². The summed E-state index contributed by atoms with van der Waals surface area (Å²) in [7, 11) is 1.68. The summed E-state index contributed by atoms with van der Waals surface area (Å²) in [5.41, 5.74) is 0.905. The van der Waals surface area contributed by atoms with Crippen LogP contribution >= 0.6 is 0 Å². The minimum absolute atomic E-state index is 0.120. The fraction of sp³-hybridized carbons (Fsp3) is 0.647. The van der Waals surface area contributed by atoms with Gasteiger partial charge in [0.05, 0.1) is 13.2 Å². The van der Waals surface area contributed by atoms with E-state index in [2.05, 4.69) is 26.8 Å². The minimum atomic E-state index is -0.246. The summed E-state index contributed by atoms with van der Waals surface area (Å²) in [6.45, 7) is 6.52. The molecule has 1 aromatic carbocycles. The van der Waals surface area contributed by atoms with Crippen molar-refractivity contribution >= 4 is 0 Å². The van der Waals surface area contributed by atoms with Gasteiger partial charge < -0.3 is 14.6 Å². The smallest absolute Gasteiger partial charge is 0.127 e. The van der Waals surface area contributed by atoms with Crippen LogP contribution in [0.4, 0.5) is 0 Å². The van der Waals surface area contributed by atoms with Crippen LogP contribution in [0.3, 0.4) is 0 Å². The molecule has 1 N–H and O–H groups in total. The molecule has 2 aliphatic rings. The van der Waals surface area contributed by atoms with Gasteiger partial charge in [0.15, 0.2) is 0 Å². The number of rotatable bonds is 1. The van der Waals surface area contributed by atoms with Gasteiger partial charge in [0.1, 0.15) is 17.1 Å². The van der Waals surface area contributed by atoms with Gasteiger partial charge in [-0.3, -0.25) is 0 Å². The van der Waals surface area contributed by atoms with Crippen LogP contribution in [0, 0.1) is 11.3 Å². The number of benzene rings is 1. The molecular formula is C17H24O3. The second kappa shape index (κ2) is 4.39. The molecule has 0 amide bonds. The average molecular weight is 276 g/mol. The Kier molecular flexibility index (Phi) is 3.02. The Balaban J connectivity index is 2.01. The SMILES string of the molecule is COc1ccc2c(c1)O[C@]1(C)CC[C@@H](O)C(C)(C)[C@H]1C2. The summed E-state index contributed by atoms with van der Waals surface area (Å²) >= 11 is 0. The van der Waals surface area contributed by atoms with Gasteiger partial charge in [-0.05, 0) is 43.2 Å². The first kappa shape index (κ1) is 13.7. The lowest BCUT2D eigenvalue weighted by Crippen LogP contribution is -2.58. The summed E-state index contributed by atoms with van der Waals surface area (Å²) in [4.78, 5) is 0. The van der Waals surface area contributed by atoms with Crippen molar-refractivity contribution < 1.29 is 14.6 Å². The van der Waals surface area contributed by atoms with Crippen molar-refractivity contribution in [3.8, 4) is 11.5 Å². The van der Waals surface area contributed by atoms with E-state index in [4.69, 9.17) is 9.47 Å². The Morgan fingerprint density at radius 3 is 2.75 bits per heavy atom. The maximum atomic E-state index is 10.3. The van der Waals surface area contributed by atoms with Gasteiger partial charge in [-0.2, -0.15) is 0 Å². The molecule has 0 aromatic heterocycles. The number of aliphatic hydroxyl groups is 1. The number of hydrogen-bond acceptors (Lipinski definition) is 3. The standard InChI is InChI=1S/C17H24O3/c1-16(2)14-9-11-5-6-12(19-4)10-13(11)20-17(14,3)8-7-15(16)18/h5-6,10,14-15,18H,7-9H2,1-4H3/t14-,15-,17-/m1/s1. The molecule has 1 saturated carbocycles. The zero-order valence-corrected chi connectivity index (χ0v) is 12.8. The summed E-state index contributed by atoms with van der Waals surface area (Å²) in [5, 5.41) is 10.3. The maximum absolute atomic E-state index is 10.3. The summed E-state index contributed by atoms with van der Waals surface area (Å²) in [6.07, 6.45) is 2.42. The van der Waals surface area contributed by atoms with E-state index in [9.17, 15) is 5.11 Å². The van der Waals surface area contributed by atoms with Crippen LogP contribution in [0.25, 0.3) is 0 Å². The van der Waals surface area contributed by atoms with E-state index >= 15 is 0 Å². The van der Waals surface area contributed by atoms with Gasteiger partial charge >= 0.3 is 0 Å². The molecule has 1 aliphatic carbocycles. The first-order chi connectivity index (χ1) is 9.37. The van der Waals surface area contributed by atoms with E-state index in [1.54, 1.807) is 7.11 Å². The maximum Gasteiger partial charge on any atom is 0.127 e. The Morgan fingerprint density at radius 2 is 2.05 bits per heavy atom. The summed E-state index contributed by atoms with van der Waals surface area (Å²) < 4.78 is 11.6. The van der Waals surface area contributed by atoms with Crippen molar-refractivity contribution in [2.24, 2.45) is 11.3 Å². The second-order valence-electron chi connectivity index (χ2n) is 7.02. The lowest BCUT2D eigenvalue weighted by molar-refractivity contribution is -0.137. The summed E-state index contributed by atoms with van der Waals surface area (Å²) in [6, 6.07) is 6.05. The highest BCUT2D eigenvalue weighted by molar-refractivity contribution is 5.43. The van der Waals surface area contributed by atoms with Crippen molar-refractivity contribution in [3.05, 3.63) is 23.8 Å². The Morgan fingerprint density at radius 1 is 1.30 bits per heavy atom. The van der Waals surface area contributed by atoms with Gasteiger partial charge in [-0.25, -0.2) is 0 Å². The molecule has 1 fully saturated rings. The molecule has 0 bridgehead atoms. The first-order valence-electron chi connectivity index (χ1n) is 7.41. The normalized spacial score (nSPS) is 34.6. The zero-order chi connectivity index (χ0) is 14.5. The van der Waals surface area contributed by atoms with Gasteiger partial charge in [0.25, 0.3) is 0 Å². The molecule has 0 unspecified atom stereocenters. The molecule has 1 aliphatic heterocycles. The van der Waals surface area contributed by atoms with E-state index in [0.29, 0.717) is 5.92 Å². The van der Waals surface area contributed by atoms with Crippen LogP contribution < -0.4 is 9.47 Å². The molecule has 20 heavy (non-hydrogen) atoms. The monoisotopic (exact) mass is 276 g/mol. The number of fused-ring (bicyclic) bond motifs is 2. The van der Waals surface area contributed by atoms with Crippen LogP contribution in [-0.2, 0) is 6.42 Å².